The SMILES string of the molecule is CCOCCCCNC(=NC)NCC(c1ccc(CC)cc1)N(C)C. The van der Waals surface area contributed by atoms with Crippen molar-refractivity contribution >= 4 is 5.96 Å². The van der Waals surface area contributed by atoms with E-state index in [2.05, 4.69) is 65.8 Å². The van der Waals surface area contributed by atoms with Crippen molar-refractivity contribution in [2.45, 2.75) is 39.2 Å². The van der Waals surface area contributed by atoms with Crippen molar-refractivity contribution in [2.75, 3.05) is 47.4 Å². The lowest BCUT2D eigenvalue weighted by molar-refractivity contribution is 0.143. The molecule has 0 saturated carbocycles. The molecule has 1 aromatic carbocycles. The quantitative estimate of drug-likeness (QED) is 0.367. The average Bonchev–Trinajstić information content (AvgIpc) is 2.63. The summed E-state index contributed by atoms with van der Waals surface area (Å²) in [5.41, 5.74) is 2.70. The monoisotopic (exact) mass is 348 g/mol. The number of nitrogens with one attached hydrogen (secondary N) is 2. The summed E-state index contributed by atoms with van der Waals surface area (Å²) in [5.74, 6) is 0.855. The third-order valence-electron chi connectivity index (χ3n) is 4.29. The normalized spacial score (nSPS) is 13.1. The Bertz CT molecular complexity index is 485. The van der Waals surface area contributed by atoms with Crippen LogP contribution in [0.4, 0.5) is 0 Å². The van der Waals surface area contributed by atoms with Gasteiger partial charge in [-0.15, -0.1) is 0 Å². The smallest absolute Gasteiger partial charge is 0.191 e. The number of rotatable bonds is 11. The van der Waals surface area contributed by atoms with Crippen LogP contribution in [0.3, 0.4) is 0 Å². The van der Waals surface area contributed by atoms with Crippen molar-refractivity contribution in [1.82, 2.24) is 15.5 Å². The maximum atomic E-state index is 5.36. The predicted molar refractivity (Wildman–Crippen MR) is 107 cm³/mol. The topological polar surface area (TPSA) is 48.9 Å². The van der Waals surface area contributed by atoms with Gasteiger partial charge in [0.15, 0.2) is 5.96 Å². The molecule has 0 radical (unpaired) electrons. The van der Waals surface area contributed by atoms with Crippen LogP contribution in [-0.4, -0.2) is 58.3 Å². The van der Waals surface area contributed by atoms with E-state index in [9.17, 15) is 0 Å². The summed E-state index contributed by atoms with van der Waals surface area (Å²) in [5, 5.41) is 6.82. The van der Waals surface area contributed by atoms with Gasteiger partial charge in [0.05, 0.1) is 6.04 Å². The summed E-state index contributed by atoms with van der Waals surface area (Å²) in [6.45, 7) is 7.56. The van der Waals surface area contributed by atoms with Crippen molar-refractivity contribution in [3.05, 3.63) is 35.4 Å². The van der Waals surface area contributed by atoms with Gasteiger partial charge in [0.1, 0.15) is 0 Å². The molecule has 0 saturated heterocycles. The van der Waals surface area contributed by atoms with Gasteiger partial charge in [-0.3, -0.25) is 4.99 Å². The van der Waals surface area contributed by atoms with Crippen LogP contribution in [0.2, 0.25) is 0 Å². The summed E-state index contributed by atoms with van der Waals surface area (Å²) in [7, 11) is 6.05. The molecule has 1 atom stereocenters. The van der Waals surface area contributed by atoms with E-state index in [0.717, 1.165) is 51.5 Å². The molecule has 0 spiro atoms. The standard InChI is InChI=1S/C20H36N4O/c1-6-17-10-12-18(13-11-17)19(24(4)5)16-23-20(21-3)22-14-8-9-15-25-7-2/h10-13,19H,6-9,14-16H2,1-5H3,(H2,21,22,23). The first-order valence-corrected chi connectivity index (χ1v) is 9.39. The van der Waals surface area contributed by atoms with Crippen LogP contribution in [-0.2, 0) is 11.2 Å². The highest BCUT2D eigenvalue weighted by molar-refractivity contribution is 5.79. The van der Waals surface area contributed by atoms with Crippen LogP contribution in [0.25, 0.3) is 0 Å². The fourth-order valence-electron chi connectivity index (χ4n) is 2.67. The van der Waals surface area contributed by atoms with E-state index in [1.54, 1.807) is 0 Å². The van der Waals surface area contributed by atoms with Crippen molar-refractivity contribution in [2.24, 2.45) is 4.99 Å². The summed E-state index contributed by atoms with van der Waals surface area (Å²) in [6.07, 6.45) is 3.23. The van der Waals surface area contributed by atoms with Crippen molar-refractivity contribution in [3.8, 4) is 0 Å². The highest BCUT2D eigenvalue weighted by atomic mass is 16.5. The number of hydrogen-bond donors (Lipinski definition) is 2. The molecule has 2 N–H and O–H groups in total. The van der Waals surface area contributed by atoms with Crippen LogP contribution in [0.5, 0.6) is 0 Å². The largest absolute Gasteiger partial charge is 0.382 e. The predicted octanol–water partition coefficient (Wildman–Crippen LogP) is 2.83. The second-order valence-corrected chi connectivity index (χ2v) is 6.36. The molecule has 0 heterocycles. The van der Waals surface area contributed by atoms with Gasteiger partial charge in [-0.1, -0.05) is 31.2 Å². The minimum Gasteiger partial charge on any atom is -0.382 e. The highest BCUT2D eigenvalue weighted by Gasteiger charge is 2.14. The van der Waals surface area contributed by atoms with Crippen LogP contribution in [0.15, 0.2) is 29.3 Å². The lowest BCUT2D eigenvalue weighted by Gasteiger charge is -2.26. The minimum absolute atomic E-state index is 0.308. The van der Waals surface area contributed by atoms with Gasteiger partial charge in [0.2, 0.25) is 0 Å². The van der Waals surface area contributed by atoms with Crippen molar-refractivity contribution < 1.29 is 4.74 Å². The number of ether oxygens (including phenoxy) is 1. The van der Waals surface area contributed by atoms with Crippen molar-refractivity contribution in [3.63, 3.8) is 0 Å². The maximum absolute atomic E-state index is 5.36. The van der Waals surface area contributed by atoms with Crippen LogP contribution in [0.1, 0.15) is 43.9 Å². The first kappa shape index (κ1) is 21.5. The van der Waals surface area contributed by atoms with Gasteiger partial charge in [-0.2, -0.15) is 0 Å². The lowest BCUT2D eigenvalue weighted by Crippen LogP contribution is -2.42. The molecule has 0 aliphatic heterocycles. The van der Waals surface area contributed by atoms with Crippen molar-refractivity contribution in [1.29, 1.82) is 0 Å². The Balaban J connectivity index is 2.46. The summed E-state index contributed by atoms with van der Waals surface area (Å²) in [6, 6.07) is 9.21. The Morgan fingerprint density at radius 2 is 1.84 bits per heavy atom. The van der Waals surface area contributed by atoms with E-state index in [1.165, 1.54) is 11.1 Å². The molecule has 0 bridgehead atoms. The molecule has 1 rings (SSSR count). The fourth-order valence-corrected chi connectivity index (χ4v) is 2.67. The Morgan fingerprint density at radius 1 is 1.12 bits per heavy atom. The number of benzene rings is 1. The highest BCUT2D eigenvalue weighted by Crippen LogP contribution is 2.18. The zero-order chi connectivity index (χ0) is 18.5. The zero-order valence-electron chi connectivity index (χ0n) is 16.6. The van der Waals surface area contributed by atoms with Gasteiger partial charge < -0.3 is 20.3 Å². The van der Waals surface area contributed by atoms with Gasteiger partial charge in [0, 0.05) is 33.4 Å². The Labute approximate surface area is 153 Å². The zero-order valence-corrected chi connectivity index (χ0v) is 16.6. The molecule has 25 heavy (non-hydrogen) atoms. The molecular formula is C20H36N4O. The molecule has 0 aliphatic carbocycles. The van der Waals surface area contributed by atoms with E-state index in [4.69, 9.17) is 4.74 Å². The minimum atomic E-state index is 0.308. The van der Waals surface area contributed by atoms with Gasteiger partial charge in [-0.05, 0) is 51.4 Å². The molecule has 0 aliphatic rings. The molecule has 5 nitrogen and oxygen atoms in total. The Hall–Kier alpha value is -1.59. The second-order valence-electron chi connectivity index (χ2n) is 6.36. The maximum Gasteiger partial charge on any atom is 0.191 e. The molecule has 1 unspecified atom stereocenters. The Morgan fingerprint density at radius 3 is 2.40 bits per heavy atom. The second kappa shape index (κ2) is 12.7. The van der Waals surface area contributed by atoms with E-state index >= 15 is 0 Å². The molecule has 0 fully saturated rings. The van der Waals surface area contributed by atoms with E-state index < -0.39 is 0 Å². The number of guanidine groups is 1. The number of aryl methyl sites for hydroxylation is 1. The molecule has 0 amide bonds. The van der Waals surface area contributed by atoms with Gasteiger partial charge >= 0.3 is 0 Å². The molecule has 5 heteroatoms. The average molecular weight is 349 g/mol. The van der Waals surface area contributed by atoms with E-state index in [-0.39, 0.29) is 0 Å². The summed E-state index contributed by atoms with van der Waals surface area (Å²) >= 11 is 0. The third kappa shape index (κ3) is 8.36. The third-order valence-corrected chi connectivity index (χ3v) is 4.29. The number of likely N-dealkylation sites (N-methyl/N-ethyl adjacent to an activating group) is 1. The first-order chi connectivity index (χ1) is 12.1. The van der Waals surface area contributed by atoms with Crippen LogP contribution >= 0.6 is 0 Å². The van der Waals surface area contributed by atoms with Gasteiger partial charge in [0.25, 0.3) is 0 Å². The van der Waals surface area contributed by atoms with E-state index in [0.29, 0.717) is 6.04 Å². The molecule has 0 aromatic heterocycles. The fraction of sp³-hybridized carbons (Fsp3) is 0.650. The first-order valence-electron chi connectivity index (χ1n) is 9.39. The molecule has 142 valence electrons. The number of nitrogens with zero attached hydrogens (tertiary/aromatic N) is 2. The Kier molecular flexibility index (Phi) is 10.9. The number of aliphatic imine (C=N–C) groups is 1. The number of hydrogen-bond acceptors (Lipinski definition) is 3. The summed E-state index contributed by atoms with van der Waals surface area (Å²) in [4.78, 5) is 6.56. The molecule has 1 aromatic rings. The summed E-state index contributed by atoms with van der Waals surface area (Å²) < 4.78 is 5.36. The number of unbranched alkanes of at least 4 members (excludes halogenated alkanes) is 1. The molecular weight excluding hydrogens is 312 g/mol. The van der Waals surface area contributed by atoms with Gasteiger partial charge in [-0.25, -0.2) is 0 Å². The van der Waals surface area contributed by atoms with E-state index in [1.807, 2.05) is 14.0 Å². The van der Waals surface area contributed by atoms with Crippen LogP contribution < -0.4 is 10.6 Å². The van der Waals surface area contributed by atoms with Crippen LogP contribution in [0, 0.1) is 0 Å². The lowest BCUT2D eigenvalue weighted by atomic mass is 10.0.